The van der Waals surface area contributed by atoms with Crippen molar-refractivity contribution in [2.75, 3.05) is 7.11 Å². The van der Waals surface area contributed by atoms with Gasteiger partial charge in [0.05, 0.1) is 13.3 Å². The molecule has 9 nitrogen and oxygen atoms in total. The zero-order chi connectivity index (χ0) is 20.4. The second-order valence-corrected chi connectivity index (χ2v) is 7.10. The molecule has 0 fully saturated rings. The fourth-order valence-electron chi connectivity index (χ4n) is 2.26. The van der Waals surface area contributed by atoms with E-state index in [9.17, 15) is 9.59 Å². The SMILES string of the molecule is COC(=O)CCCCCCC(=O)NN=Cc1ccc(Sc2nnc(C)n2C)o1. The maximum atomic E-state index is 11.8. The summed E-state index contributed by atoms with van der Waals surface area (Å²) in [5.74, 6) is 1.00. The number of nitrogens with one attached hydrogen (secondary N) is 1. The molecule has 2 rings (SSSR count). The van der Waals surface area contributed by atoms with Crippen LogP contribution in [0, 0.1) is 6.92 Å². The minimum absolute atomic E-state index is 0.153. The van der Waals surface area contributed by atoms with Crippen LogP contribution in [0.4, 0.5) is 0 Å². The van der Waals surface area contributed by atoms with Crippen LogP contribution < -0.4 is 5.43 Å². The van der Waals surface area contributed by atoms with E-state index in [1.54, 1.807) is 6.07 Å². The number of unbranched alkanes of at least 4 members (excludes halogenated alkanes) is 3. The lowest BCUT2D eigenvalue weighted by Crippen LogP contribution is -2.16. The third-order valence-electron chi connectivity index (χ3n) is 3.99. The van der Waals surface area contributed by atoms with Crippen molar-refractivity contribution in [3.05, 3.63) is 23.7 Å². The van der Waals surface area contributed by atoms with Crippen molar-refractivity contribution in [2.45, 2.75) is 55.7 Å². The molecule has 0 aliphatic heterocycles. The van der Waals surface area contributed by atoms with Crippen LogP contribution in [0.2, 0.25) is 0 Å². The summed E-state index contributed by atoms with van der Waals surface area (Å²) in [6.45, 7) is 1.88. The predicted octanol–water partition coefficient (Wildman–Crippen LogP) is 2.83. The normalized spacial score (nSPS) is 11.1. The second-order valence-electron chi connectivity index (χ2n) is 6.13. The number of rotatable bonds is 11. The minimum atomic E-state index is -0.196. The molecule has 2 heterocycles. The van der Waals surface area contributed by atoms with Crippen LogP contribution in [-0.4, -0.2) is 40.0 Å². The second kappa shape index (κ2) is 11.3. The molecule has 10 heteroatoms. The molecule has 0 bridgehead atoms. The van der Waals surface area contributed by atoms with Crippen LogP contribution >= 0.6 is 11.8 Å². The number of carbonyl (C=O) groups is 2. The first kappa shape index (κ1) is 21.7. The van der Waals surface area contributed by atoms with Crippen molar-refractivity contribution in [1.82, 2.24) is 20.2 Å². The molecule has 0 saturated heterocycles. The van der Waals surface area contributed by atoms with E-state index < -0.39 is 0 Å². The fraction of sp³-hybridized carbons (Fsp3) is 0.500. The van der Waals surface area contributed by atoms with Gasteiger partial charge in [-0.2, -0.15) is 5.10 Å². The molecule has 1 amide bonds. The highest BCUT2D eigenvalue weighted by atomic mass is 32.2. The molecule has 0 aliphatic rings. The number of esters is 1. The van der Waals surface area contributed by atoms with Gasteiger partial charge in [0.15, 0.2) is 10.2 Å². The molecule has 0 aromatic carbocycles. The topological polar surface area (TPSA) is 112 Å². The number of nitrogens with zero attached hydrogens (tertiary/aromatic N) is 4. The summed E-state index contributed by atoms with van der Waals surface area (Å²) in [4.78, 5) is 22.7. The quantitative estimate of drug-likeness (QED) is 0.264. The predicted molar refractivity (Wildman–Crippen MR) is 104 cm³/mol. The molecule has 0 spiro atoms. The van der Waals surface area contributed by atoms with Crippen LogP contribution in [0.1, 0.15) is 50.1 Å². The molecule has 0 aliphatic carbocycles. The summed E-state index contributed by atoms with van der Waals surface area (Å²) < 4.78 is 12.1. The van der Waals surface area contributed by atoms with E-state index in [0.717, 1.165) is 36.7 Å². The van der Waals surface area contributed by atoms with Crippen molar-refractivity contribution in [3.8, 4) is 0 Å². The number of furan rings is 1. The van der Waals surface area contributed by atoms with E-state index in [4.69, 9.17) is 4.42 Å². The first-order valence-electron chi connectivity index (χ1n) is 9.02. The number of hydrogen-bond donors (Lipinski definition) is 1. The fourth-order valence-corrected chi connectivity index (χ4v) is 3.06. The third-order valence-corrected chi connectivity index (χ3v) is 4.95. The summed E-state index contributed by atoms with van der Waals surface area (Å²) in [6.07, 6.45) is 5.57. The lowest BCUT2D eigenvalue weighted by Gasteiger charge is -2.01. The van der Waals surface area contributed by atoms with Crippen molar-refractivity contribution in [2.24, 2.45) is 12.1 Å². The Hall–Kier alpha value is -2.62. The number of carbonyl (C=O) groups excluding carboxylic acids is 2. The first-order chi connectivity index (χ1) is 13.5. The van der Waals surface area contributed by atoms with Crippen LogP contribution in [-0.2, 0) is 21.4 Å². The van der Waals surface area contributed by atoms with Crippen molar-refractivity contribution in [1.29, 1.82) is 0 Å². The van der Waals surface area contributed by atoms with Crippen molar-refractivity contribution < 1.29 is 18.7 Å². The smallest absolute Gasteiger partial charge is 0.305 e. The zero-order valence-electron chi connectivity index (χ0n) is 16.3. The van der Waals surface area contributed by atoms with Crippen LogP contribution in [0.3, 0.4) is 0 Å². The summed E-state index contributed by atoms with van der Waals surface area (Å²) >= 11 is 1.36. The van der Waals surface area contributed by atoms with Gasteiger partial charge in [-0.15, -0.1) is 10.2 Å². The maximum Gasteiger partial charge on any atom is 0.305 e. The molecule has 0 atom stereocenters. The van der Waals surface area contributed by atoms with E-state index in [1.165, 1.54) is 25.1 Å². The molecular formula is C18H25N5O4S. The number of amides is 1. The molecule has 2 aromatic heterocycles. The molecule has 1 N–H and O–H groups in total. The van der Waals surface area contributed by atoms with Gasteiger partial charge in [0.2, 0.25) is 5.91 Å². The van der Waals surface area contributed by atoms with Crippen LogP contribution in [0.5, 0.6) is 0 Å². The Bertz CT molecular complexity index is 815. The monoisotopic (exact) mass is 407 g/mol. The lowest BCUT2D eigenvalue weighted by atomic mass is 10.1. The van der Waals surface area contributed by atoms with E-state index in [1.807, 2.05) is 24.6 Å². The molecule has 2 aromatic rings. The van der Waals surface area contributed by atoms with Gasteiger partial charge >= 0.3 is 5.97 Å². The Labute approximate surface area is 167 Å². The summed E-state index contributed by atoms with van der Waals surface area (Å²) in [6, 6.07) is 3.58. The minimum Gasteiger partial charge on any atom is -0.469 e. The molecular weight excluding hydrogens is 382 g/mol. The van der Waals surface area contributed by atoms with Gasteiger partial charge in [-0.05, 0) is 43.7 Å². The number of aryl methyl sites for hydroxylation is 1. The van der Waals surface area contributed by atoms with Crippen LogP contribution in [0.25, 0.3) is 0 Å². The van der Waals surface area contributed by atoms with Gasteiger partial charge in [0, 0.05) is 19.9 Å². The first-order valence-corrected chi connectivity index (χ1v) is 9.83. The van der Waals surface area contributed by atoms with E-state index in [-0.39, 0.29) is 11.9 Å². The number of aromatic nitrogens is 3. The van der Waals surface area contributed by atoms with E-state index in [2.05, 4.69) is 25.5 Å². The summed E-state index contributed by atoms with van der Waals surface area (Å²) in [5, 5.41) is 13.4. The average Bonchev–Trinajstić information content (AvgIpc) is 3.26. The standard InChI is InChI=1S/C18H25N5O4S/c1-13-20-22-18(23(13)2)28-17-11-10-14(27-17)12-19-21-15(24)8-6-4-5-7-9-16(25)26-3/h10-12H,4-9H2,1-3H3,(H,21,24). The van der Waals surface area contributed by atoms with Gasteiger partial charge < -0.3 is 13.7 Å². The Balaban J connectivity index is 1.64. The summed E-state index contributed by atoms with van der Waals surface area (Å²) in [7, 11) is 3.27. The van der Waals surface area contributed by atoms with E-state index in [0.29, 0.717) is 23.7 Å². The Morgan fingerprint density at radius 3 is 2.68 bits per heavy atom. The van der Waals surface area contributed by atoms with Crippen LogP contribution in [0.15, 0.2) is 31.9 Å². The Morgan fingerprint density at radius 2 is 2.00 bits per heavy atom. The van der Waals surface area contributed by atoms with Gasteiger partial charge in [-0.1, -0.05) is 12.8 Å². The lowest BCUT2D eigenvalue weighted by molar-refractivity contribution is -0.140. The molecule has 0 unspecified atom stereocenters. The van der Waals surface area contributed by atoms with Gasteiger partial charge in [-0.3, -0.25) is 9.59 Å². The van der Waals surface area contributed by atoms with Gasteiger partial charge in [0.1, 0.15) is 11.6 Å². The largest absolute Gasteiger partial charge is 0.469 e. The van der Waals surface area contributed by atoms with Gasteiger partial charge in [0.25, 0.3) is 0 Å². The number of ether oxygens (including phenoxy) is 1. The number of hydrogen-bond acceptors (Lipinski definition) is 8. The van der Waals surface area contributed by atoms with Crippen molar-refractivity contribution >= 4 is 29.9 Å². The van der Waals surface area contributed by atoms with E-state index >= 15 is 0 Å². The highest BCUT2D eigenvalue weighted by Gasteiger charge is 2.10. The third kappa shape index (κ3) is 7.18. The molecule has 0 radical (unpaired) electrons. The summed E-state index contributed by atoms with van der Waals surface area (Å²) in [5.41, 5.74) is 2.48. The Morgan fingerprint density at radius 1 is 1.25 bits per heavy atom. The highest BCUT2D eigenvalue weighted by molar-refractivity contribution is 7.99. The number of methoxy groups -OCH3 is 1. The molecule has 28 heavy (non-hydrogen) atoms. The zero-order valence-corrected chi connectivity index (χ0v) is 17.1. The highest BCUT2D eigenvalue weighted by Crippen LogP contribution is 2.27. The maximum absolute atomic E-state index is 11.8. The average molecular weight is 407 g/mol. The molecule has 0 saturated carbocycles. The Kier molecular flexibility index (Phi) is 8.73. The number of hydrazone groups is 1. The van der Waals surface area contributed by atoms with Crippen molar-refractivity contribution in [3.63, 3.8) is 0 Å². The van der Waals surface area contributed by atoms with Gasteiger partial charge in [-0.25, -0.2) is 5.43 Å². The molecule has 152 valence electrons.